The number of nitrogens with zero attached hydrogens (tertiary/aromatic N) is 2. The Morgan fingerprint density at radius 3 is 3.23 bits per heavy atom. The highest BCUT2D eigenvalue weighted by atomic mass is 35.5. The summed E-state index contributed by atoms with van der Waals surface area (Å²) < 4.78 is 1.88. The lowest BCUT2D eigenvalue weighted by Gasteiger charge is -1.99. The van der Waals surface area contributed by atoms with Gasteiger partial charge in [0.1, 0.15) is 5.69 Å². The first-order chi connectivity index (χ1) is 6.33. The number of aliphatic hydroxyl groups is 1. The van der Waals surface area contributed by atoms with Crippen LogP contribution in [-0.2, 0) is 19.7 Å². The van der Waals surface area contributed by atoms with Crippen molar-refractivity contribution in [2.45, 2.75) is 26.1 Å². The summed E-state index contributed by atoms with van der Waals surface area (Å²) in [7, 11) is 0. The molecule has 0 unspecified atom stereocenters. The van der Waals surface area contributed by atoms with E-state index in [1.807, 2.05) is 4.68 Å². The molecule has 0 atom stereocenters. The van der Waals surface area contributed by atoms with Gasteiger partial charge in [-0.1, -0.05) is 11.6 Å². The van der Waals surface area contributed by atoms with Crippen LogP contribution in [0, 0.1) is 0 Å². The topological polar surface area (TPSA) is 50.1 Å². The number of aliphatic hydroxyl groups excluding tert-OH is 1. The molecule has 0 fully saturated rings. The standard InChI is InChI=1S/C8H12ClN3O/c9-8-6(5-13)11-12-3-1-2-10-4-7(8)12/h10,13H,1-5H2. The van der Waals surface area contributed by atoms with E-state index in [0.717, 1.165) is 31.7 Å². The molecule has 0 spiro atoms. The third kappa shape index (κ3) is 1.57. The van der Waals surface area contributed by atoms with Crippen LogP contribution in [0.5, 0.6) is 0 Å². The number of aromatic nitrogens is 2. The minimum atomic E-state index is -0.0845. The molecule has 2 rings (SSSR count). The molecule has 0 saturated carbocycles. The van der Waals surface area contributed by atoms with Crippen molar-refractivity contribution in [3.05, 3.63) is 16.4 Å². The van der Waals surface area contributed by atoms with E-state index in [4.69, 9.17) is 16.7 Å². The van der Waals surface area contributed by atoms with E-state index in [1.165, 1.54) is 0 Å². The molecule has 0 aliphatic carbocycles. The van der Waals surface area contributed by atoms with Gasteiger partial charge >= 0.3 is 0 Å². The lowest BCUT2D eigenvalue weighted by atomic mass is 10.3. The fourth-order valence-corrected chi connectivity index (χ4v) is 1.81. The normalized spacial score (nSPS) is 16.8. The molecular formula is C8H12ClN3O. The molecule has 1 aromatic rings. The van der Waals surface area contributed by atoms with Crippen LogP contribution in [-0.4, -0.2) is 21.4 Å². The summed E-state index contributed by atoms with van der Waals surface area (Å²) in [6.07, 6.45) is 1.05. The molecule has 1 aliphatic heterocycles. The van der Waals surface area contributed by atoms with Crippen molar-refractivity contribution in [2.75, 3.05) is 6.54 Å². The lowest BCUT2D eigenvalue weighted by Crippen LogP contribution is -2.12. The van der Waals surface area contributed by atoms with Crippen LogP contribution in [0.2, 0.25) is 5.02 Å². The van der Waals surface area contributed by atoms with E-state index in [0.29, 0.717) is 10.7 Å². The smallest absolute Gasteiger partial charge is 0.107 e. The Morgan fingerprint density at radius 2 is 2.46 bits per heavy atom. The predicted molar refractivity (Wildman–Crippen MR) is 49.5 cm³/mol. The molecule has 0 bridgehead atoms. The molecule has 72 valence electrons. The van der Waals surface area contributed by atoms with Crippen LogP contribution in [0.1, 0.15) is 17.8 Å². The maximum atomic E-state index is 8.96. The van der Waals surface area contributed by atoms with Gasteiger partial charge in [-0.25, -0.2) is 0 Å². The molecule has 0 amide bonds. The molecule has 1 aromatic heterocycles. The number of halogens is 1. The minimum absolute atomic E-state index is 0.0845. The number of aryl methyl sites for hydroxylation is 1. The van der Waals surface area contributed by atoms with Crippen LogP contribution in [0.3, 0.4) is 0 Å². The molecule has 0 saturated heterocycles. The van der Waals surface area contributed by atoms with E-state index in [-0.39, 0.29) is 6.61 Å². The number of fused-ring (bicyclic) bond motifs is 1. The molecule has 2 heterocycles. The second kappa shape index (κ2) is 3.65. The van der Waals surface area contributed by atoms with Crippen molar-refractivity contribution in [1.29, 1.82) is 0 Å². The molecule has 1 aliphatic rings. The summed E-state index contributed by atoms with van der Waals surface area (Å²) in [5.74, 6) is 0. The lowest BCUT2D eigenvalue weighted by molar-refractivity contribution is 0.275. The maximum absolute atomic E-state index is 8.96. The van der Waals surface area contributed by atoms with Gasteiger partial charge in [0.15, 0.2) is 0 Å². The van der Waals surface area contributed by atoms with Crippen LogP contribution in [0.15, 0.2) is 0 Å². The summed E-state index contributed by atoms with van der Waals surface area (Å²) in [5, 5.41) is 17.0. The minimum Gasteiger partial charge on any atom is -0.390 e. The second-order valence-corrected chi connectivity index (χ2v) is 3.50. The van der Waals surface area contributed by atoms with Gasteiger partial charge in [-0.3, -0.25) is 4.68 Å². The van der Waals surface area contributed by atoms with E-state index in [9.17, 15) is 0 Å². The third-order valence-corrected chi connectivity index (χ3v) is 2.66. The van der Waals surface area contributed by atoms with E-state index < -0.39 is 0 Å². The van der Waals surface area contributed by atoms with E-state index in [1.54, 1.807) is 0 Å². The van der Waals surface area contributed by atoms with Gasteiger partial charge in [-0.2, -0.15) is 5.10 Å². The van der Waals surface area contributed by atoms with Crippen molar-refractivity contribution in [3.63, 3.8) is 0 Å². The van der Waals surface area contributed by atoms with Crippen molar-refractivity contribution in [1.82, 2.24) is 15.1 Å². The van der Waals surface area contributed by atoms with Crippen LogP contribution < -0.4 is 5.32 Å². The Hall–Kier alpha value is -0.580. The Balaban J connectivity index is 2.38. The van der Waals surface area contributed by atoms with Gasteiger partial charge in [0.05, 0.1) is 17.3 Å². The molecular weight excluding hydrogens is 190 g/mol. The molecule has 4 nitrogen and oxygen atoms in total. The number of hydrogen-bond acceptors (Lipinski definition) is 3. The number of rotatable bonds is 1. The molecule has 5 heteroatoms. The first-order valence-corrected chi connectivity index (χ1v) is 4.76. The average Bonchev–Trinajstić information content (AvgIpc) is 2.37. The zero-order valence-electron chi connectivity index (χ0n) is 7.26. The van der Waals surface area contributed by atoms with E-state index >= 15 is 0 Å². The van der Waals surface area contributed by atoms with E-state index in [2.05, 4.69) is 10.4 Å². The van der Waals surface area contributed by atoms with Crippen molar-refractivity contribution >= 4 is 11.6 Å². The molecule has 0 radical (unpaired) electrons. The Kier molecular flexibility index (Phi) is 2.53. The zero-order valence-corrected chi connectivity index (χ0v) is 8.01. The fourth-order valence-electron chi connectivity index (χ4n) is 1.55. The largest absolute Gasteiger partial charge is 0.390 e. The van der Waals surface area contributed by atoms with Gasteiger partial charge in [-0.05, 0) is 13.0 Å². The van der Waals surface area contributed by atoms with Gasteiger partial charge < -0.3 is 10.4 Å². The quantitative estimate of drug-likeness (QED) is 0.697. The third-order valence-electron chi connectivity index (χ3n) is 2.23. The highest BCUT2D eigenvalue weighted by molar-refractivity contribution is 6.31. The van der Waals surface area contributed by atoms with Crippen molar-refractivity contribution in [3.8, 4) is 0 Å². The Bertz CT molecular complexity index is 311. The monoisotopic (exact) mass is 201 g/mol. The summed E-state index contributed by atoms with van der Waals surface area (Å²) in [4.78, 5) is 0. The first kappa shape index (κ1) is 8.99. The SMILES string of the molecule is OCc1nn2c(c1Cl)CNCCC2. The highest BCUT2D eigenvalue weighted by Crippen LogP contribution is 2.22. The molecule has 2 N–H and O–H groups in total. The summed E-state index contributed by atoms with van der Waals surface area (Å²) in [5.41, 5.74) is 1.57. The summed E-state index contributed by atoms with van der Waals surface area (Å²) >= 11 is 6.03. The van der Waals surface area contributed by atoms with Crippen LogP contribution in [0.25, 0.3) is 0 Å². The summed E-state index contributed by atoms with van der Waals surface area (Å²) in [6.45, 7) is 2.53. The zero-order chi connectivity index (χ0) is 9.26. The van der Waals surface area contributed by atoms with Gasteiger partial charge in [0, 0.05) is 13.1 Å². The number of hydrogen-bond donors (Lipinski definition) is 2. The summed E-state index contributed by atoms with van der Waals surface area (Å²) in [6, 6.07) is 0. The van der Waals surface area contributed by atoms with Crippen molar-refractivity contribution < 1.29 is 5.11 Å². The van der Waals surface area contributed by atoms with Crippen LogP contribution in [0.4, 0.5) is 0 Å². The Labute approximate surface area is 81.5 Å². The Morgan fingerprint density at radius 1 is 1.62 bits per heavy atom. The van der Waals surface area contributed by atoms with Crippen LogP contribution >= 0.6 is 11.6 Å². The fraction of sp³-hybridized carbons (Fsp3) is 0.625. The number of nitrogens with one attached hydrogen (secondary N) is 1. The van der Waals surface area contributed by atoms with Crippen molar-refractivity contribution in [2.24, 2.45) is 0 Å². The van der Waals surface area contributed by atoms with Gasteiger partial charge in [0.2, 0.25) is 0 Å². The van der Waals surface area contributed by atoms with Gasteiger partial charge in [-0.15, -0.1) is 0 Å². The molecule has 0 aromatic carbocycles. The van der Waals surface area contributed by atoms with Gasteiger partial charge in [0.25, 0.3) is 0 Å². The predicted octanol–water partition coefficient (Wildman–Crippen LogP) is 0.522. The average molecular weight is 202 g/mol. The first-order valence-electron chi connectivity index (χ1n) is 4.38. The highest BCUT2D eigenvalue weighted by Gasteiger charge is 2.16. The second-order valence-electron chi connectivity index (χ2n) is 3.12. The molecule has 13 heavy (non-hydrogen) atoms. The maximum Gasteiger partial charge on any atom is 0.107 e.